The van der Waals surface area contributed by atoms with Gasteiger partial charge in [0.05, 0.1) is 7.11 Å². The molecule has 0 radical (unpaired) electrons. The molecule has 0 unspecified atom stereocenters. The summed E-state index contributed by atoms with van der Waals surface area (Å²) in [4.78, 5) is 25.9. The highest BCUT2D eigenvalue weighted by Crippen LogP contribution is 2.41. The topological polar surface area (TPSA) is 55.4 Å². The highest BCUT2D eigenvalue weighted by Gasteiger charge is 2.25. The smallest absolute Gasteiger partial charge is 0.341 e. The zero-order valence-electron chi connectivity index (χ0n) is 15.9. The zero-order valence-corrected chi connectivity index (χ0v) is 18.3. The molecule has 0 saturated heterocycles. The number of ether oxygens (including phenoxy) is 1. The number of carbonyl (C=O) groups is 2. The Kier molecular flexibility index (Phi) is 6.96. The first-order chi connectivity index (χ1) is 13.9. The van der Waals surface area contributed by atoms with Gasteiger partial charge in [0.15, 0.2) is 0 Å². The lowest BCUT2D eigenvalue weighted by atomic mass is 10.0. The lowest BCUT2D eigenvalue weighted by Gasteiger charge is -2.09. The third-order valence-corrected chi connectivity index (χ3v) is 5.90. The van der Waals surface area contributed by atoms with Gasteiger partial charge in [-0.2, -0.15) is 0 Å². The maximum Gasteiger partial charge on any atom is 0.341 e. The fourth-order valence-corrected chi connectivity index (χ4v) is 4.42. The lowest BCUT2D eigenvalue weighted by molar-refractivity contribution is -0.116. The Labute approximate surface area is 183 Å². The van der Waals surface area contributed by atoms with Crippen molar-refractivity contribution in [2.45, 2.75) is 19.8 Å². The summed E-state index contributed by atoms with van der Waals surface area (Å²) in [5, 5.41) is 4.57. The van der Waals surface area contributed by atoms with Gasteiger partial charge in [0.1, 0.15) is 10.6 Å². The van der Waals surface area contributed by atoms with E-state index in [-0.39, 0.29) is 12.3 Å². The molecule has 1 amide bonds. The first-order valence-corrected chi connectivity index (χ1v) is 10.5. The Balaban J connectivity index is 1.85. The molecule has 1 N–H and O–H groups in total. The third kappa shape index (κ3) is 5.18. The van der Waals surface area contributed by atoms with Gasteiger partial charge in [-0.15, -0.1) is 11.3 Å². The van der Waals surface area contributed by atoms with Crippen LogP contribution in [0.1, 0.15) is 27.2 Å². The van der Waals surface area contributed by atoms with Crippen LogP contribution in [0.3, 0.4) is 0 Å². The Hall–Kier alpha value is -2.34. The number of benzene rings is 2. The van der Waals surface area contributed by atoms with Crippen LogP contribution in [0.25, 0.3) is 11.1 Å². The summed E-state index contributed by atoms with van der Waals surface area (Å²) in [7, 11) is 1.32. The van der Waals surface area contributed by atoms with E-state index in [1.807, 2.05) is 31.2 Å². The number of carbonyl (C=O) groups excluding carboxylic acids is 2. The van der Waals surface area contributed by atoms with Crippen molar-refractivity contribution in [3.63, 3.8) is 0 Å². The number of amides is 1. The summed E-state index contributed by atoms with van der Waals surface area (Å²) >= 11 is 13.4. The van der Waals surface area contributed by atoms with E-state index in [1.165, 1.54) is 18.4 Å². The highest BCUT2D eigenvalue weighted by atomic mass is 35.5. The molecular weight excluding hydrogens is 429 g/mol. The van der Waals surface area contributed by atoms with Crippen molar-refractivity contribution in [3.8, 4) is 11.1 Å². The molecule has 150 valence electrons. The first-order valence-electron chi connectivity index (χ1n) is 8.91. The average Bonchev–Trinajstić information content (AvgIpc) is 3.02. The molecule has 0 aliphatic heterocycles. The molecule has 3 aromatic rings. The first kappa shape index (κ1) is 21.4. The molecule has 3 rings (SSSR count). The van der Waals surface area contributed by atoms with Crippen LogP contribution in [0.4, 0.5) is 5.00 Å². The fraction of sp³-hybridized carbons (Fsp3) is 0.182. The van der Waals surface area contributed by atoms with E-state index in [2.05, 4.69) is 5.32 Å². The monoisotopic (exact) mass is 447 g/mol. The minimum absolute atomic E-state index is 0.177. The van der Waals surface area contributed by atoms with E-state index in [4.69, 9.17) is 27.9 Å². The molecule has 2 aromatic carbocycles. The van der Waals surface area contributed by atoms with Gasteiger partial charge in [-0.1, -0.05) is 47.5 Å². The molecule has 7 heteroatoms. The van der Waals surface area contributed by atoms with Gasteiger partial charge in [0, 0.05) is 26.9 Å². The van der Waals surface area contributed by atoms with Crippen molar-refractivity contribution < 1.29 is 14.3 Å². The van der Waals surface area contributed by atoms with Gasteiger partial charge in [0.25, 0.3) is 0 Å². The minimum atomic E-state index is -0.502. The van der Waals surface area contributed by atoms with Crippen molar-refractivity contribution in [2.75, 3.05) is 12.4 Å². The fourth-order valence-electron chi connectivity index (χ4n) is 3.02. The summed E-state index contributed by atoms with van der Waals surface area (Å²) < 4.78 is 4.98. The molecule has 0 aliphatic rings. The highest BCUT2D eigenvalue weighted by molar-refractivity contribution is 7.17. The summed E-state index contributed by atoms with van der Waals surface area (Å²) in [6.07, 6.45) is 0.855. The van der Waals surface area contributed by atoms with E-state index in [9.17, 15) is 9.59 Å². The van der Waals surface area contributed by atoms with Crippen LogP contribution in [-0.2, 0) is 16.0 Å². The molecule has 1 heterocycles. The summed E-state index contributed by atoms with van der Waals surface area (Å²) in [6.45, 7) is 1.90. The largest absolute Gasteiger partial charge is 0.465 e. The number of methoxy groups -OCH3 is 1. The van der Waals surface area contributed by atoms with E-state index < -0.39 is 5.97 Å². The Morgan fingerprint density at radius 1 is 1.07 bits per heavy atom. The number of rotatable bonds is 6. The molecule has 4 nitrogen and oxygen atoms in total. The summed E-state index contributed by atoms with van der Waals surface area (Å²) in [6, 6.07) is 14.6. The second-order valence-electron chi connectivity index (χ2n) is 6.41. The van der Waals surface area contributed by atoms with Crippen LogP contribution >= 0.6 is 34.5 Å². The van der Waals surface area contributed by atoms with Crippen molar-refractivity contribution >= 4 is 51.4 Å². The third-order valence-electron chi connectivity index (χ3n) is 4.39. The summed E-state index contributed by atoms with van der Waals surface area (Å²) in [5.74, 6) is -0.679. The number of hydrogen-bond donors (Lipinski definition) is 1. The standard InChI is InChI=1S/C22H19Cl2NO3S/c1-13-19(15-4-3-5-17(24)12-15)20(22(27)28-2)21(29-13)25-18(26)11-8-14-6-9-16(23)10-7-14/h3-7,9-10,12H,8,11H2,1-2H3,(H,25,26). The quantitative estimate of drug-likeness (QED) is 0.445. The van der Waals surface area contributed by atoms with Gasteiger partial charge >= 0.3 is 5.97 Å². The average molecular weight is 448 g/mol. The molecule has 0 atom stereocenters. The molecular formula is C22H19Cl2NO3S. The van der Waals surface area contributed by atoms with Crippen molar-refractivity contribution in [1.82, 2.24) is 0 Å². The lowest BCUT2D eigenvalue weighted by Crippen LogP contribution is -2.14. The van der Waals surface area contributed by atoms with Gasteiger partial charge in [0.2, 0.25) is 5.91 Å². The maximum atomic E-state index is 12.5. The van der Waals surface area contributed by atoms with Crippen LogP contribution in [0.5, 0.6) is 0 Å². The van der Waals surface area contributed by atoms with Crippen LogP contribution in [0.2, 0.25) is 10.0 Å². The Bertz CT molecular complexity index is 1040. The SMILES string of the molecule is COC(=O)c1c(NC(=O)CCc2ccc(Cl)cc2)sc(C)c1-c1cccc(Cl)c1. The van der Waals surface area contributed by atoms with Crippen LogP contribution < -0.4 is 5.32 Å². The molecule has 0 spiro atoms. The van der Waals surface area contributed by atoms with Gasteiger partial charge in [-0.05, 0) is 48.7 Å². The van der Waals surface area contributed by atoms with Gasteiger partial charge in [-0.25, -0.2) is 4.79 Å². The molecule has 1 aromatic heterocycles. The van der Waals surface area contributed by atoms with E-state index in [0.29, 0.717) is 27.0 Å². The maximum absolute atomic E-state index is 12.5. The van der Waals surface area contributed by atoms with Crippen molar-refractivity contribution in [3.05, 3.63) is 74.6 Å². The molecule has 0 saturated carbocycles. The van der Waals surface area contributed by atoms with Crippen LogP contribution in [0, 0.1) is 6.92 Å². The van der Waals surface area contributed by atoms with E-state index in [0.717, 1.165) is 21.6 Å². The van der Waals surface area contributed by atoms with E-state index >= 15 is 0 Å². The number of thiophene rings is 1. The number of aryl methyl sites for hydroxylation is 2. The number of hydrogen-bond acceptors (Lipinski definition) is 4. The van der Waals surface area contributed by atoms with Gasteiger partial charge in [-0.3, -0.25) is 4.79 Å². The van der Waals surface area contributed by atoms with Crippen molar-refractivity contribution in [2.24, 2.45) is 0 Å². The Morgan fingerprint density at radius 2 is 1.79 bits per heavy atom. The Morgan fingerprint density at radius 3 is 2.45 bits per heavy atom. The number of halogens is 2. The van der Waals surface area contributed by atoms with E-state index in [1.54, 1.807) is 24.3 Å². The number of nitrogens with one attached hydrogen (secondary N) is 1. The minimum Gasteiger partial charge on any atom is -0.465 e. The molecule has 29 heavy (non-hydrogen) atoms. The molecule has 0 aliphatic carbocycles. The van der Waals surface area contributed by atoms with Crippen LogP contribution in [-0.4, -0.2) is 19.0 Å². The molecule has 0 fully saturated rings. The number of anilines is 1. The second-order valence-corrected chi connectivity index (χ2v) is 8.51. The predicted molar refractivity (Wildman–Crippen MR) is 119 cm³/mol. The molecule has 0 bridgehead atoms. The van der Waals surface area contributed by atoms with Crippen molar-refractivity contribution in [1.29, 1.82) is 0 Å². The number of esters is 1. The summed E-state index contributed by atoms with van der Waals surface area (Å²) in [5.41, 5.74) is 2.88. The van der Waals surface area contributed by atoms with Crippen LogP contribution in [0.15, 0.2) is 48.5 Å². The zero-order chi connectivity index (χ0) is 21.0. The van der Waals surface area contributed by atoms with Gasteiger partial charge < -0.3 is 10.1 Å². The normalized spacial score (nSPS) is 10.6. The second kappa shape index (κ2) is 9.44. The predicted octanol–water partition coefficient (Wildman–Crippen LogP) is 6.39.